The number of carboxylic acid groups (broad SMARTS) is 1. The monoisotopic (exact) mass is 670 g/mol. The molecule has 0 aromatic heterocycles. The summed E-state index contributed by atoms with van der Waals surface area (Å²) in [6, 6.07) is 0.256. The van der Waals surface area contributed by atoms with E-state index < -0.39 is 34.9 Å². The largest absolute Gasteiger partial charge is 0.481 e. The van der Waals surface area contributed by atoms with E-state index in [-0.39, 0.29) is 58.5 Å². The molecule has 9 nitrogen and oxygen atoms in total. The van der Waals surface area contributed by atoms with Crippen molar-refractivity contribution in [1.82, 2.24) is 10.2 Å². The van der Waals surface area contributed by atoms with Crippen molar-refractivity contribution in [2.75, 3.05) is 39.9 Å². The molecule has 9 heteroatoms. The lowest BCUT2D eigenvalue weighted by Crippen LogP contribution is -2.70. The van der Waals surface area contributed by atoms with Gasteiger partial charge in [0.25, 0.3) is 0 Å². The third-order valence-corrected chi connectivity index (χ3v) is 15.6. The summed E-state index contributed by atoms with van der Waals surface area (Å²) < 4.78 is 18.9. The highest BCUT2D eigenvalue weighted by Gasteiger charge is 2.72. The Bertz CT molecular complexity index is 1330. The van der Waals surface area contributed by atoms with Crippen molar-refractivity contribution in [3.05, 3.63) is 11.6 Å². The van der Waals surface area contributed by atoms with Gasteiger partial charge in [-0.05, 0) is 98.5 Å². The molecule has 0 aromatic rings. The van der Waals surface area contributed by atoms with E-state index in [1.54, 1.807) is 0 Å². The number of likely N-dealkylation sites (N-methyl/N-ethyl adjacent to an activating group) is 1. The standard InChI is InChI=1S/C39H62N2O7/c1-23(2)24(3)35(5)15-16-37(7)27-10-11-30-36(6)21-46-22-39(30,28(27)12-14-38(37,8)32(35)34(44)45)18-29(47-25(4)42)33(36)48-31(43)19-40-26-13-17-41(9)20-26/h12,23-24,26-27,29-30,32-33,40H,10-11,13-22H2,1-9H3,(H,44,45)/t24-,26?,27+,29-,30+,32-,33+,35-,36-,37-,38+,39+/m1/s1. The van der Waals surface area contributed by atoms with E-state index in [1.807, 2.05) is 0 Å². The number of ether oxygens (including phenoxy) is 3. The van der Waals surface area contributed by atoms with Crippen LogP contribution >= 0.6 is 0 Å². The first-order chi connectivity index (χ1) is 22.4. The molecule has 270 valence electrons. The molecular formula is C39H62N2O7. The molecule has 2 bridgehead atoms. The summed E-state index contributed by atoms with van der Waals surface area (Å²) in [7, 11) is 2.09. The Kier molecular flexibility index (Phi) is 9.23. The van der Waals surface area contributed by atoms with Gasteiger partial charge < -0.3 is 29.5 Å². The van der Waals surface area contributed by atoms with Crippen LogP contribution in [-0.2, 0) is 28.6 Å². The number of esters is 2. The molecule has 5 fully saturated rings. The summed E-state index contributed by atoms with van der Waals surface area (Å²) in [6.07, 6.45) is 7.25. The molecule has 6 aliphatic rings. The number of hydrogen-bond donors (Lipinski definition) is 2. The molecule has 12 atom stereocenters. The number of aliphatic carboxylic acids is 1. The number of hydrogen-bond acceptors (Lipinski definition) is 8. The highest BCUT2D eigenvalue weighted by molar-refractivity contribution is 5.73. The van der Waals surface area contributed by atoms with Gasteiger partial charge >= 0.3 is 17.9 Å². The van der Waals surface area contributed by atoms with E-state index in [2.05, 4.69) is 71.8 Å². The van der Waals surface area contributed by atoms with Crippen molar-refractivity contribution in [3.63, 3.8) is 0 Å². The van der Waals surface area contributed by atoms with Gasteiger partial charge in [0.15, 0.2) is 0 Å². The fraction of sp³-hybridized carbons (Fsp3) is 0.872. The smallest absolute Gasteiger partial charge is 0.320 e. The van der Waals surface area contributed by atoms with Crippen LogP contribution in [0.4, 0.5) is 0 Å². The molecule has 2 aliphatic heterocycles. The first-order valence-electron chi connectivity index (χ1n) is 18.7. The van der Waals surface area contributed by atoms with Gasteiger partial charge in [0.05, 0.1) is 25.7 Å². The van der Waals surface area contributed by atoms with Crippen LogP contribution in [0.25, 0.3) is 0 Å². The number of fused-ring (bicyclic) bond motifs is 3. The van der Waals surface area contributed by atoms with Crippen LogP contribution in [-0.4, -0.2) is 86.1 Å². The fourth-order valence-corrected chi connectivity index (χ4v) is 12.6. The second-order valence-corrected chi connectivity index (χ2v) is 18.2. The van der Waals surface area contributed by atoms with Crippen LogP contribution < -0.4 is 5.32 Å². The number of nitrogens with zero attached hydrogens (tertiary/aromatic N) is 1. The zero-order chi connectivity index (χ0) is 35.0. The summed E-state index contributed by atoms with van der Waals surface area (Å²) in [5.74, 6) is -0.722. The molecule has 1 unspecified atom stereocenters. The lowest BCUT2D eigenvalue weighted by atomic mass is 9.34. The van der Waals surface area contributed by atoms with Gasteiger partial charge in [-0.1, -0.05) is 60.1 Å². The van der Waals surface area contributed by atoms with E-state index in [1.165, 1.54) is 12.5 Å². The number of carbonyl (C=O) groups excluding carboxylic acids is 2. The molecule has 2 saturated heterocycles. The van der Waals surface area contributed by atoms with E-state index >= 15 is 0 Å². The van der Waals surface area contributed by atoms with Crippen LogP contribution in [0.1, 0.15) is 100 Å². The number of rotatable bonds is 8. The van der Waals surface area contributed by atoms with Gasteiger partial charge in [-0.3, -0.25) is 14.4 Å². The second kappa shape index (κ2) is 12.4. The van der Waals surface area contributed by atoms with Crippen molar-refractivity contribution in [2.45, 2.75) is 119 Å². The molecule has 0 amide bonds. The molecule has 3 saturated carbocycles. The summed E-state index contributed by atoms with van der Waals surface area (Å²) in [6.45, 7) is 20.2. The summed E-state index contributed by atoms with van der Waals surface area (Å²) in [5, 5.41) is 14.4. The van der Waals surface area contributed by atoms with Gasteiger partial charge in [-0.25, -0.2) is 0 Å². The molecule has 2 N–H and O–H groups in total. The Morgan fingerprint density at radius 2 is 1.77 bits per heavy atom. The minimum atomic E-state index is -0.664. The van der Waals surface area contributed by atoms with E-state index in [0.717, 1.165) is 45.2 Å². The van der Waals surface area contributed by atoms with E-state index in [9.17, 15) is 19.5 Å². The normalized spacial score (nSPS) is 46.1. The van der Waals surface area contributed by atoms with Gasteiger partial charge in [0, 0.05) is 30.3 Å². The number of carboxylic acids is 1. The molecule has 0 spiro atoms. The van der Waals surface area contributed by atoms with Gasteiger partial charge in [-0.2, -0.15) is 0 Å². The molecule has 2 heterocycles. The van der Waals surface area contributed by atoms with Crippen molar-refractivity contribution in [1.29, 1.82) is 0 Å². The first kappa shape index (κ1) is 35.8. The first-order valence-corrected chi connectivity index (χ1v) is 18.7. The highest BCUT2D eigenvalue weighted by atomic mass is 16.6. The van der Waals surface area contributed by atoms with Crippen LogP contribution in [0, 0.1) is 56.7 Å². The predicted octanol–water partition coefficient (Wildman–Crippen LogP) is 5.71. The maximum atomic E-state index is 13.4. The molecule has 6 rings (SSSR count). The molecule has 48 heavy (non-hydrogen) atoms. The Morgan fingerprint density at radius 1 is 1.04 bits per heavy atom. The third-order valence-electron chi connectivity index (χ3n) is 15.6. The number of carbonyl (C=O) groups is 3. The van der Waals surface area contributed by atoms with E-state index in [0.29, 0.717) is 32.0 Å². The molecular weight excluding hydrogens is 608 g/mol. The van der Waals surface area contributed by atoms with Crippen molar-refractivity contribution in [3.8, 4) is 0 Å². The predicted molar refractivity (Wildman–Crippen MR) is 183 cm³/mol. The van der Waals surface area contributed by atoms with Crippen LogP contribution in [0.2, 0.25) is 0 Å². The molecule has 0 radical (unpaired) electrons. The number of likely N-dealkylation sites (tertiary alicyclic amines) is 1. The minimum Gasteiger partial charge on any atom is -0.481 e. The quantitative estimate of drug-likeness (QED) is 0.248. The number of allylic oxidation sites excluding steroid dienone is 1. The zero-order valence-electron chi connectivity index (χ0n) is 31.0. The zero-order valence-corrected chi connectivity index (χ0v) is 31.0. The maximum absolute atomic E-state index is 13.4. The average molecular weight is 671 g/mol. The van der Waals surface area contributed by atoms with Crippen molar-refractivity contribution < 1.29 is 33.7 Å². The molecule has 0 aromatic carbocycles. The topological polar surface area (TPSA) is 114 Å². The van der Waals surface area contributed by atoms with Gasteiger partial charge in [0.2, 0.25) is 0 Å². The van der Waals surface area contributed by atoms with Crippen molar-refractivity contribution in [2.24, 2.45) is 56.7 Å². The second-order valence-electron chi connectivity index (χ2n) is 18.2. The van der Waals surface area contributed by atoms with Crippen LogP contribution in [0.5, 0.6) is 0 Å². The summed E-state index contributed by atoms with van der Waals surface area (Å²) in [5.41, 5.74) is -0.427. The Balaban J connectivity index is 1.34. The Morgan fingerprint density at radius 3 is 2.40 bits per heavy atom. The third kappa shape index (κ3) is 5.30. The highest BCUT2D eigenvalue weighted by Crippen LogP contribution is 2.75. The number of nitrogens with one attached hydrogen (secondary N) is 1. The SMILES string of the molecule is CC(=O)O[C@@H]1C[C@@]23COC[C@](C)([C@@H]2CC[C@H]2C3=CC[C@@]3(C)[C@H](C(=O)O)[C@@](C)([C@H](C)C(C)C)CC[C@]23C)[C@H]1OC(=O)CNC1CCN(C)C1. The summed E-state index contributed by atoms with van der Waals surface area (Å²) >= 11 is 0. The maximum Gasteiger partial charge on any atom is 0.320 e. The van der Waals surface area contributed by atoms with Gasteiger partial charge in [0.1, 0.15) is 12.2 Å². The Labute approximate surface area is 288 Å². The lowest BCUT2D eigenvalue weighted by Gasteiger charge is -2.71. The van der Waals surface area contributed by atoms with Crippen molar-refractivity contribution >= 4 is 17.9 Å². The lowest BCUT2D eigenvalue weighted by molar-refractivity contribution is -0.262. The average Bonchev–Trinajstić information content (AvgIpc) is 3.42. The van der Waals surface area contributed by atoms with Crippen LogP contribution in [0.15, 0.2) is 11.6 Å². The molecule has 4 aliphatic carbocycles. The Hall–Kier alpha value is -1.97. The minimum absolute atomic E-state index is 0.123. The van der Waals surface area contributed by atoms with E-state index in [4.69, 9.17) is 14.2 Å². The fourth-order valence-electron chi connectivity index (χ4n) is 12.6. The van der Waals surface area contributed by atoms with Gasteiger partial charge in [-0.15, -0.1) is 0 Å². The van der Waals surface area contributed by atoms with Crippen LogP contribution in [0.3, 0.4) is 0 Å². The summed E-state index contributed by atoms with van der Waals surface area (Å²) in [4.78, 5) is 41.6.